The highest BCUT2D eigenvalue weighted by molar-refractivity contribution is 5.84. The maximum Gasteiger partial charge on any atom is 0.120 e. The predicted molar refractivity (Wildman–Crippen MR) is 105 cm³/mol. The first-order valence-corrected chi connectivity index (χ1v) is 8.98. The lowest BCUT2D eigenvalue weighted by atomic mass is 9.81. The van der Waals surface area contributed by atoms with E-state index in [0.29, 0.717) is 0 Å². The van der Waals surface area contributed by atoms with Gasteiger partial charge in [-0.25, -0.2) is 0 Å². The summed E-state index contributed by atoms with van der Waals surface area (Å²) >= 11 is 0. The van der Waals surface area contributed by atoms with Crippen LogP contribution in [-0.4, -0.2) is 6.10 Å². The Bertz CT molecular complexity index is 920. The summed E-state index contributed by atoms with van der Waals surface area (Å²) in [6.45, 7) is 8.76. The second-order valence-electron chi connectivity index (χ2n) is 7.63. The molecule has 0 heterocycles. The highest BCUT2D eigenvalue weighted by Crippen LogP contribution is 2.50. The molecule has 0 saturated carbocycles. The predicted octanol–water partition coefficient (Wildman–Crippen LogP) is 6.45. The van der Waals surface area contributed by atoms with E-state index >= 15 is 0 Å². The fourth-order valence-electron chi connectivity index (χ4n) is 3.87. The monoisotopic (exact) mass is 328 g/mol. The van der Waals surface area contributed by atoms with Crippen LogP contribution in [0, 0.1) is 0 Å². The van der Waals surface area contributed by atoms with Gasteiger partial charge in [0.15, 0.2) is 0 Å². The van der Waals surface area contributed by atoms with E-state index in [1.54, 1.807) is 0 Å². The molecule has 0 N–H and O–H groups in total. The SMILES string of the molecule is CC(C)Oc1ccc2c(c1)C(C)(C)c1cc(-c3ccccc3)ccc1-2. The number of fused-ring (bicyclic) bond motifs is 3. The molecule has 126 valence electrons. The minimum atomic E-state index is -0.0220. The van der Waals surface area contributed by atoms with Crippen LogP contribution in [0.4, 0.5) is 0 Å². The lowest BCUT2D eigenvalue weighted by molar-refractivity contribution is 0.242. The number of hydrogen-bond acceptors (Lipinski definition) is 1. The molecule has 1 nitrogen and oxygen atoms in total. The van der Waals surface area contributed by atoms with Crippen molar-refractivity contribution in [3.05, 3.63) is 77.9 Å². The summed E-state index contributed by atoms with van der Waals surface area (Å²) in [5, 5.41) is 0. The van der Waals surface area contributed by atoms with Crippen LogP contribution in [0.2, 0.25) is 0 Å². The highest BCUT2D eigenvalue weighted by atomic mass is 16.5. The molecular formula is C24H24O. The van der Waals surface area contributed by atoms with Crippen LogP contribution in [0.3, 0.4) is 0 Å². The first kappa shape index (κ1) is 16.0. The van der Waals surface area contributed by atoms with Gasteiger partial charge in [0.1, 0.15) is 5.75 Å². The van der Waals surface area contributed by atoms with Gasteiger partial charge in [0.05, 0.1) is 6.10 Å². The lowest BCUT2D eigenvalue weighted by Gasteiger charge is -2.23. The van der Waals surface area contributed by atoms with Gasteiger partial charge in [-0.1, -0.05) is 62.4 Å². The molecule has 0 radical (unpaired) electrons. The maximum absolute atomic E-state index is 5.92. The molecule has 0 saturated heterocycles. The summed E-state index contributed by atoms with van der Waals surface area (Å²) in [6.07, 6.45) is 0.189. The van der Waals surface area contributed by atoms with Crippen LogP contribution in [0.5, 0.6) is 5.75 Å². The average Bonchev–Trinajstić information content (AvgIpc) is 2.82. The number of ether oxygens (including phenoxy) is 1. The van der Waals surface area contributed by atoms with Crippen LogP contribution in [0.15, 0.2) is 66.7 Å². The van der Waals surface area contributed by atoms with Crippen LogP contribution in [-0.2, 0) is 5.41 Å². The Kier molecular flexibility index (Phi) is 3.68. The van der Waals surface area contributed by atoms with Crippen molar-refractivity contribution in [1.82, 2.24) is 0 Å². The third-order valence-electron chi connectivity index (χ3n) is 5.13. The molecule has 0 spiro atoms. The standard InChI is InChI=1S/C24H24O/c1-16(2)25-19-11-13-21-20-12-10-18(17-8-6-5-7-9-17)14-22(20)24(3,4)23(21)15-19/h5-16H,1-4H3. The second kappa shape index (κ2) is 5.77. The van der Waals surface area contributed by atoms with Gasteiger partial charge in [-0.15, -0.1) is 0 Å². The molecule has 3 aromatic carbocycles. The Hall–Kier alpha value is -2.54. The Morgan fingerprint density at radius 1 is 0.720 bits per heavy atom. The quantitative estimate of drug-likeness (QED) is 0.537. The minimum Gasteiger partial charge on any atom is -0.491 e. The largest absolute Gasteiger partial charge is 0.491 e. The molecule has 4 rings (SSSR count). The van der Waals surface area contributed by atoms with Crippen molar-refractivity contribution in [3.8, 4) is 28.0 Å². The molecule has 3 aromatic rings. The molecule has 0 aliphatic heterocycles. The molecule has 0 fully saturated rings. The number of hydrogen-bond donors (Lipinski definition) is 0. The smallest absolute Gasteiger partial charge is 0.120 e. The molecule has 1 aliphatic carbocycles. The van der Waals surface area contributed by atoms with Gasteiger partial charge < -0.3 is 4.74 Å². The van der Waals surface area contributed by atoms with Crippen molar-refractivity contribution in [2.45, 2.75) is 39.2 Å². The summed E-state index contributed by atoms with van der Waals surface area (Å²) in [5.41, 5.74) is 7.94. The zero-order valence-corrected chi connectivity index (χ0v) is 15.3. The fraction of sp³-hybridized carbons (Fsp3) is 0.250. The topological polar surface area (TPSA) is 9.23 Å². The molecule has 1 heteroatoms. The van der Waals surface area contributed by atoms with E-state index in [-0.39, 0.29) is 11.5 Å². The lowest BCUT2D eigenvalue weighted by Crippen LogP contribution is -2.15. The Balaban J connectivity index is 1.83. The van der Waals surface area contributed by atoms with Crippen molar-refractivity contribution in [3.63, 3.8) is 0 Å². The first-order chi connectivity index (χ1) is 12.0. The van der Waals surface area contributed by atoms with E-state index in [4.69, 9.17) is 4.74 Å². The van der Waals surface area contributed by atoms with Crippen molar-refractivity contribution in [2.75, 3.05) is 0 Å². The average molecular weight is 328 g/mol. The van der Waals surface area contributed by atoms with Crippen molar-refractivity contribution in [2.24, 2.45) is 0 Å². The van der Waals surface area contributed by atoms with E-state index < -0.39 is 0 Å². The summed E-state index contributed by atoms with van der Waals surface area (Å²) in [5.74, 6) is 0.956. The molecule has 0 amide bonds. The van der Waals surface area contributed by atoms with Crippen molar-refractivity contribution < 1.29 is 4.74 Å². The minimum absolute atomic E-state index is 0.0220. The Morgan fingerprint density at radius 2 is 1.36 bits per heavy atom. The van der Waals surface area contributed by atoms with Crippen LogP contribution in [0.1, 0.15) is 38.8 Å². The van der Waals surface area contributed by atoms with Gasteiger partial charge in [-0.05, 0) is 65.4 Å². The molecule has 0 aromatic heterocycles. The summed E-state index contributed by atoms with van der Waals surface area (Å²) in [7, 11) is 0. The molecule has 25 heavy (non-hydrogen) atoms. The third kappa shape index (κ3) is 2.64. The van der Waals surface area contributed by atoms with Gasteiger partial charge in [0.25, 0.3) is 0 Å². The Morgan fingerprint density at radius 3 is 2.04 bits per heavy atom. The van der Waals surface area contributed by atoms with Crippen LogP contribution in [0.25, 0.3) is 22.3 Å². The molecular weight excluding hydrogens is 304 g/mol. The molecule has 0 atom stereocenters. The number of benzene rings is 3. The van der Waals surface area contributed by atoms with E-state index in [2.05, 4.69) is 94.4 Å². The van der Waals surface area contributed by atoms with Gasteiger partial charge >= 0.3 is 0 Å². The van der Waals surface area contributed by atoms with E-state index in [1.807, 2.05) is 0 Å². The normalized spacial score (nSPS) is 14.3. The first-order valence-electron chi connectivity index (χ1n) is 8.98. The van der Waals surface area contributed by atoms with Crippen molar-refractivity contribution >= 4 is 0 Å². The third-order valence-corrected chi connectivity index (χ3v) is 5.13. The zero-order valence-electron chi connectivity index (χ0n) is 15.3. The summed E-state index contributed by atoms with van der Waals surface area (Å²) < 4.78 is 5.92. The second-order valence-corrected chi connectivity index (χ2v) is 7.63. The highest BCUT2D eigenvalue weighted by Gasteiger charge is 2.35. The maximum atomic E-state index is 5.92. The molecule has 1 aliphatic rings. The van der Waals surface area contributed by atoms with Crippen molar-refractivity contribution in [1.29, 1.82) is 0 Å². The number of rotatable bonds is 3. The summed E-state index contributed by atoms with van der Waals surface area (Å²) in [6, 6.07) is 24.0. The molecule has 0 bridgehead atoms. The van der Waals surface area contributed by atoms with E-state index in [1.165, 1.54) is 33.4 Å². The van der Waals surface area contributed by atoms with Crippen LogP contribution >= 0.6 is 0 Å². The fourth-order valence-corrected chi connectivity index (χ4v) is 3.87. The van der Waals surface area contributed by atoms with Gasteiger partial charge in [0.2, 0.25) is 0 Å². The van der Waals surface area contributed by atoms with Crippen LogP contribution < -0.4 is 4.74 Å². The van der Waals surface area contributed by atoms with Gasteiger partial charge in [0, 0.05) is 5.41 Å². The van der Waals surface area contributed by atoms with E-state index in [9.17, 15) is 0 Å². The molecule has 0 unspecified atom stereocenters. The summed E-state index contributed by atoms with van der Waals surface area (Å²) in [4.78, 5) is 0. The van der Waals surface area contributed by atoms with E-state index in [0.717, 1.165) is 5.75 Å². The van der Waals surface area contributed by atoms with Gasteiger partial charge in [-0.3, -0.25) is 0 Å². The zero-order chi connectivity index (χ0) is 17.6. The Labute approximate surface area is 150 Å². The van der Waals surface area contributed by atoms with Gasteiger partial charge in [-0.2, -0.15) is 0 Å².